The van der Waals surface area contributed by atoms with Gasteiger partial charge in [0.15, 0.2) is 0 Å². The maximum atomic E-state index is 6.04. The maximum Gasteiger partial charge on any atom is 0.0931 e. The maximum absolute atomic E-state index is 6.04. The second-order valence-corrected chi connectivity index (χ2v) is 6.80. The third-order valence-electron chi connectivity index (χ3n) is 4.11. The van der Waals surface area contributed by atoms with Gasteiger partial charge in [0.25, 0.3) is 0 Å². The summed E-state index contributed by atoms with van der Waals surface area (Å²) in [6.07, 6.45) is 1.25. The first kappa shape index (κ1) is 15.3. The highest BCUT2D eigenvalue weighted by molar-refractivity contribution is 7.16. The highest BCUT2D eigenvalue weighted by Gasteiger charge is 2.31. The van der Waals surface area contributed by atoms with Crippen LogP contribution in [0.15, 0.2) is 12.1 Å². The minimum absolute atomic E-state index is 0.332. The van der Waals surface area contributed by atoms with E-state index < -0.39 is 0 Å². The summed E-state index contributed by atoms with van der Waals surface area (Å²) in [4.78, 5) is 6.37. The summed E-state index contributed by atoms with van der Waals surface area (Å²) in [6, 6.07) is 5.11. The van der Waals surface area contributed by atoms with Crippen molar-refractivity contribution in [1.82, 2.24) is 9.80 Å². The Morgan fingerprint density at radius 2 is 2.21 bits per heavy atom. The lowest BCUT2D eigenvalue weighted by Gasteiger charge is -2.29. The standard InChI is InChI=1S/C14H24ClN3S/c1-3-17(4-2)11-7-8-18(10-11)12(9-16)13-5-6-14(15)19-13/h5-6,11-12H,3-4,7-10,16H2,1-2H3. The van der Waals surface area contributed by atoms with Crippen molar-refractivity contribution in [3.8, 4) is 0 Å². The summed E-state index contributed by atoms with van der Waals surface area (Å²) < 4.78 is 0.855. The summed E-state index contributed by atoms with van der Waals surface area (Å²) in [5.41, 5.74) is 5.99. The molecule has 0 bridgehead atoms. The molecule has 1 aromatic heterocycles. The first-order chi connectivity index (χ1) is 9.19. The number of thiophene rings is 1. The van der Waals surface area contributed by atoms with Gasteiger partial charge in [-0.05, 0) is 31.6 Å². The van der Waals surface area contributed by atoms with Gasteiger partial charge in [-0.3, -0.25) is 9.80 Å². The lowest BCUT2D eigenvalue weighted by molar-refractivity contribution is 0.191. The number of likely N-dealkylation sites (N-methyl/N-ethyl adjacent to an activating group) is 1. The highest BCUT2D eigenvalue weighted by atomic mass is 35.5. The van der Waals surface area contributed by atoms with Crippen molar-refractivity contribution >= 4 is 22.9 Å². The minimum Gasteiger partial charge on any atom is -0.329 e. The Hall–Kier alpha value is -0.130. The molecule has 19 heavy (non-hydrogen) atoms. The Bertz CT molecular complexity index is 392. The number of likely N-dealkylation sites (tertiary alicyclic amines) is 1. The van der Waals surface area contributed by atoms with E-state index in [2.05, 4.69) is 29.7 Å². The van der Waals surface area contributed by atoms with E-state index in [1.165, 1.54) is 11.3 Å². The van der Waals surface area contributed by atoms with Crippen LogP contribution in [-0.4, -0.2) is 48.6 Å². The van der Waals surface area contributed by atoms with Crippen molar-refractivity contribution < 1.29 is 0 Å². The van der Waals surface area contributed by atoms with E-state index in [0.717, 1.165) is 30.5 Å². The SMILES string of the molecule is CCN(CC)C1CCN(C(CN)c2ccc(Cl)s2)C1. The normalized spacial score (nSPS) is 22.3. The molecule has 0 amide bonds. The fourth-order valence-electron chi connectivity index (χ4n) is 3.04. The van der Waals surface area contributed by atoms with E-state index in [9.17, 15) is 0 Å². The Morgan fingerprint density at radius 3 is 2.74 bits per heavy atom. The highest BCUT2D eigenvalue weighted by Crippen LogP contribution is 2.32. The minimum atomic E-state index is 0.332. The molecule has 1 aliphatic heterocycles. The van der Waals surface area contributed by atoms with Crippen LogP contribution < -0.4 is 5.73 Å². The van der Waals surface area contributed by atoms with E-state index in [1.807, 2.05) is 6.07 Å². The zero-order chi connectivity index (χ0) is 13.8. The second kappa shape index (κ2) is 7.04. The van der Waals surface area contributed by atoms with Gasteiger partial charge in [0.1, 0.15) is 0 Å². The van der Waals surface area contributed by atoms with Gasteiger partial charge in [-0.2, -0.15) is 0 Å². The molecule has 2 atom stereocenters. The topological polar surface area (TPSA) is 32.5 Å². The average Bonchev–Trinajstić information content (AvgIpc) is 3.03. The molecule has 1 fully saturated rings. The van der Waals surface area contributed by atoms with E-state index in [1.54, 1.807) is 11.3 Å². The molecule has 1 saturated heterocycles. The molecular weight excluding hydrogens is 278 g/mol. The molecule has 2 unspecified atom stereocenters. The first-order valence-corrected chi connectivity index (χ1v) is 8.32. The summed E-state index contributed by atoms with van der Waals surface area (Å²) in [5.74, 6) is 0. The van der Waals surface area contributed by atoms with Crippen LogP contribution >= 0.6 is 22.9 Å². The van der Waals surface area contributed by atoms with E-state index in [0.29, 0.717) is 18.6 Å². The molecule has 0 aromatic carbocycles. The summed E-state index contributed by atoms with van der Waals surface area (Å²) in [6.45, 7) is 9.68. The summed E-state index contributed by atoms with van der Waals surface area (Å²) in [7, 11) is 0. The third kappa shape index (κ3) is 3.50. The predicted molar refractivity (Wildman–Crippen MR) is 84.0 cm³/mol. The molecule has 3 nitrogen and oxygen atoms in total. The van der Waals surface area contributed by atoms with Gasteiger partial charge in [-0.25, -0.2) is 0 Å². The van der Waals surface area contributed by atoms with E-state index in [-0.39, 0.29) is 0 Å². The molecule has 0 radical (unpaired) electrons. The van der Waals surface area contributed by atoms with Crippen LogP contribution in [0.4, 0.5) is 0 Å². The summed E-state index contributed by atoms with van der Waals surface area (Å²) >= 11 is 7.70. The Morgan fingerprint density at radius 1 is 1.47 bits per heavy atom. The van der Waals surface area contributed by atoms with Crippen molar-refractivity contribution in [2.75, 3.05) is 32.7 Å². The van der Waals surface area contributed by atoms with Crippen molar-refractivity contribution in [1.29, 1.82) is 0 Å². The molecule has 0 spiro atoms. The summed E-state index contributed by atoms with van der Waals surface area (Å²) in [5, 5.41) is 0. The zero-order valence-electron chi connectivity index (χ0n) is 11.8. The Labute approximate surface area is 125 Å². The van der Waals surface area contributed by atoms with Crippen molar-refractivity contribution in [2.24, 2.45) is 5.73 Å². The molecular formula is C14H24ClN3S. The number of hydrogen-bond donors (Lipinski definition) is 1. The van der Waals surface area contributed by atoms with Gasteiger partial charge < -0.3 is 5.73 Å². The van der Waals surface area contributed by atoms with Gasteiger partial charge in [0, 0.05) is 30.6 Å². The van der Waals surface area contributed by atoms with Crippen LogP contribution in [0.25, 0.3) is 0 Å². The molecule has 1 aliphatic rings. The molecule has 0 aliphatic carbocycles. The van der Waals surface area contributed by atoms with Crippen LogP contribution in [0.5, 0.6) is 0 Å². The number of nitrogens with zero attached hydrogens (tertiary/aromatic N) is 2. The van der Waals surface area contributed by atoms with Gasteiger partial charge in [0.2, 0.25) is 0 Å². The molecule has 2 rings (SSSR count). The first-order valence-electron chi connectivity index (χ1n) is 7.13. The van der Waals surface area contributed by atoms with Crippen LogP contribution in [0, 0.1) is 0 Å². The molecule has 5 heteroatoms. The smallest absolute Gasteiger partial charge is 0.0931 e. The molecule has 2 N–H and O–H groups in total. The fourth-order valence-corrected chi connectivity index (χ4v) is 4.25. The largest absolute Gasteiger partial charge is 0.329 e. The average molecular weight is 302 g/mol. The van der Waals surface area contributed by atoms with Crippen molar-refractivity contribution in [2.45, 2.75) is 32.4 Å². The molecule has 108 valence electrons. The van der Waals surface area contributed by atoms with Crippen molar-refractivity contribution in [3.63, 3.8) is 0 Å². The monoisotopic (exact) mass is 301 g/mol. The molecule has 1 aromatic rings. The van der Waals surface area contributed by atoms with Crippen LogP contribution in [0.2, 0.25) is 4.34 Å². The molecule has 2 heterocycles. The quantitative estimate of drug-likeness (QED) is 0.877. The Balaban J connectivity index is 2.02. The van der Waals surface area contributed by atoms with Crippen molar-refractivity contribution in [3.05, 3.63) is 21.3 Å². The fraction of sp³-hybridized carbons (Fsp3) is 0.714. The third-order valence-corrected chi connectivity index (χ3v) is 5.44. The lowest BCUT2D eigenvalue weighted by atomic mass is 10.2. The molecule has 0 saturated carbocycles. The number of hydrogen-bond acceptors (Lipinski definition) is 4. The zero-order valence-corrected chi connectivity index (χ0v) is 13.4. The van der Waals surface area contributed by atoms with E-state index in [4.69, 9.17) is 17.3 Å². The van der Waals surface area contributed by atoms with Gasteiger partial charge in [-0.15, -0.1) is 11.3 Å². The predicted octanol–water partition coefficient (Wildman–Crippen LogP) is 2.82. The van der Waals surface area contributed by atoms with Gasteiger partial charge >= 0.3 is 0 Å². The van der Waals surface area contributed by atoms with Crippen LogP contribution in [0.3, 0.4) is 0 Å². The second-order valence-electron chi connectivity index (χ2n) is 5.05. The van der Waals surface area contributed by atoms with Gasteiger partial charge in [-0.1, -0.05) is 25.4 Å². The van der Waals surface area contributed by atoms with Gasteiger partial charge in [0.05, 0.1) is 10.4 Å². The Kier molecular flexibility index (Phi) is 5.66. The number of nitrogens with two attached hydrogens (primary N) is 1. The number of rotatable bonds is 6. The van der Waals surface area contributed by atoms with Crippen LogP contribution in [-0.2, 0) is 0 Å². The van der Waals surface area contributed by atoms with E-state index >= 15 is 0 Å². The number of halogens is 1. The van der Waals surface area contributed by atoms with Crippen LogP contribution in [0.1, 0.15) is 31.2 Å². The lowest BCUT2D eigenvalue weighted by Crippen LogP contribution is -2.39.